The van der Waals surface area contributed by atoms with Gasteiger partial charge in [0, 0.05) is 12.4 Å². The quantitative estimate of drug-likeness (QED) is 0.739. The number of hydrogen-bond donors (Lipinski definition) is 0. The Balaban J connectivity index is 0.000000204. The van der Waals surface area contributed by atoms with E-state index in [2.05, 4.69) is 14.7 Å². The van der Waals surface area contributed by atoms with Crippen LogP contribution in [-0.2, 0) is 4.79 Å². The number of carbonyl (C=O) groups is 1. The van der Waals surface area contributed by atoms with E-state index < -0.39 is 0 Å². The van der Waals surface area contributed by atoms with E-state index in [0.29, 0.717) is 15.1 Å². The van der Waals surface area contributed by atoms with Crippen LogP contribution in [0.3, 0.4) is 0 Å². The van der Waals surface area contributed by atoms with Gasteiger partial charge in [-0.25, -0.2) is 4.98 Å². The molecule has 0 aliphatic carbocycles. The van der Waals surface area contributed by atoms with Crippen LogP contribution >= 0.6 is 46.4 Å². The molecule has 0 saturated heterocycles. The van der Waals surface area contributed by atoms with Crippen molar-refractivity contribution in [3.63, 3.8) is 0 Å². The van der Waals surface area contributed by atoms with E-state index in [0.717, 1.165) is 5.69 Å². The Morgan fingerprint density at radius 1 is 1.00 bits per heavy atom. The highest BCUT2D eigenvalue weighted by Gasteiger charge is 2.05. The van der Waals surface area contributed by atoms with Crippen LogP contribution in [0.15, 0.2) is 24.5 Å². The molecular weight excluding hydrogens is 346 g/mol. The van der Waals surface area contributed by atoms with E-state index in [1.807, 2.05) is 6.92 Å². The summed E-state index contributed by atoms with van der Waals surface area (Å²) in [7, 11) is 0. The van der Waals surface area contributed by atoms with Crippen molar-refractivity contribution >= 4 is 52.9 Å². The molecule has 106 valence electrons. The third kappa shape index (κ3) is 4.80. The number of nitrogens with zero attached hydrogens (tertiary/aromatic N) is 2. The zero-order valence-electron chi connectivity index (χ0n) is 10.1. The second kappa shape index (κ2) is 8.27. The van der Waals surface area contributed by atoms with E-state index in [1.54, 1.807) is 12.3 Å². The smallest absolute Gasteiger partial charge is 0.299 e. The normalized spacial score (nSPS) is 9.45. The molecule has 20 heavy (non-hydrogen) atoms. The van der Waals surface area contributed by atoms with Gasteiger partial charge in [0.25, 0.3) is 6.47 Å². The highest BCUT2D eigenvalue weighted by atomic mass is 35.5. The van der Waals surface area contributed by atoms with Crippen molar-refractivity contribution in [1.82, 2.24) is 9.97 Å². The Labute approximate surface area is 135 Å². The zero-order valence-corrected chi connectivity index (χ0v) is 13.1. The number of pyridine rings is 2. The summed E-state index contributed by atoms with van der Waals surface area (Å²) in [6.45, 7) is 2.05. The van der Waals surface area contributed by atoms with Gasteiger partial charge in [-0.3, -0.25) is 9.78 Å². The molecule has 0 amide bonds. The standard InChI is InChI=1S/C6H3Cl2NO2.C6H5Cl2N/c7-4-1-2-9-6(5(4)8)11-3-10;1-4-6(8)5(7)2-3-9-4/h1-3H;2-3H,1H3. The molecule has 0 aromatic carbocycles. The predicted octanol–water partition coefficient (Wildman–Crippen LogP) is 4.62. The van der Waals surface area contributed by atoms with Crippen LogP contribution in [0.5, 0.6) is 5.88 Å². The molecule has 2 rings (SSSR count). The van der Waals surface area contributed by atoms with Crippen LogP contribution in [0.1, 0.15) is 5.69 Å². The van der Waals surface area contributed by atoms with Crippen molar-refractivity contribution in [3.05, 3.63) is 50.3 Å². The molecule has 0 bridgehead atoms. The molecule has 0 fully saturated rings. The fourth-order valence-corrected chi connectivity index (χ4v) is 1.65. The lowest BCUT2D eigenvalue weighted by atomic mass is 10.4. The van der Waals surface area contributed by atoms with E-state index in [1.165, 1.54) is 12.3 Å². The average molecular weight is 354 g/mol. The fraction of sp³-hybridized carbons (Fsp3) is 0.0833. The van der Waals surface area contributed by atoms with E-state index >= 15 is 0 Å². The molecule has 2 aromatic heterocycles. The molecule has 0 N–H and O–H groups in total. The summed E-state index contributed by atoms with van der Waals surface area (Å²) in [6.07, 6.45) is 3.02. The minimum Gasteiger partial charge on any atom is -0.408 e. The van der Waals surface area contributed by atoms with Crippen molar-refractivity contribution in [1.29, 1.82) is 0 Å². The topological polar surface area (TPSA) is 52.1 Å². The van der Waals surface area contributed by atoms with Gasteiger partial charge >= 0.3 is 0 Å². The zero-order chi connectivity index (χ0) is 15.1. The van der Waals surface area contributed by atoms with Crippen molar-refractivity contribution < 1.29 is 9.53 Å². The molecule has 0 saturated carbocycles. The molecule has 0 radical (unpaired) electrons. The van der Waals surface area contributed by atoms with Crippen molar-refractivity contribution in [2.75, 3.05) is 0 Å². The second-order valence-electron chi connectivity index (χ2n) is 3.32. The van der Waals surface area contributed by atoms with Gasteiger partial charge in [0.15, 0.2) is 0 Å². The largest absolute Gasteiger partial charge is 0.408 e. The summed E-state index contributed by atoms with van der Waals surface area (Å²) < 4.78 is 4.41. The predicted molar refractivity (Wildman–Crippen MR) is 79.9 cm³/mol. The molecular formula is C12H8Cl4N2O2. The maximum absolute atomic E-state index is 9.87. The summed E-state index contributed by atoms with van der Waals surface area (Å²) in [4.78, 5) is 17.5. The first-order chi connectivity index (χ1) is 9.47. The van der Waals surface area contributed by atoms with Crippen LogP contribution in [0.2, 0.25) is 20.1 Å². The van der Waals surface area contributed by atoms with Gasteiger partial charge in [-0.15, -0.1) is 0 Å². The van der Waals surface area contributed by atoms with E-state index in [-0.39, 0.29) is 17.4 Å². The summed E-state index contributed by atoms with van der Waals surface area (Å²) in [5, 5.41) is 1.54. The Kier molecular flexibility index (Phi) is 7.02. The monoisotopic (exact) mass is 352 g/mol. The Morgan fingerprint density at radius 3 is 2.05 bits per heavy atom. The number of hydrogen-bond acceptors (Lipinski definition) is 4. The number of rotatable bonds is 2. The Morgan fingerprint density at radius 2 is 1.55 bits per heavy atom. The molecule has 2 heterocycles. The summed E-state index contributed by atoms with van der Waals surface area (Å²) in [5.41, 5.74) is 0.768. The van der Waals surface area contributed by atoms with Crippen LogP contribution in [0, 0.1) is 6.92 Å². The third-order valence-electron chi connectivity index (χ3n) is 1.99. The minimum absolute atomic E-state index is 0.0224. The molecule has 0 atom stereocenters. The second-order valence-corrected chi connectivity index (χ2v) is 4.89. The molecule has 0 aliphatic rings. The molecule has 4 nitrogen and oxygen atoms in total. The van der Waals surface area contributed by atoms with Gasteiger partial charge in [-0.1, -0.05) is 46.4 Å². The number of ether oxygens (including phenoxy) is 1. The minimum atomic E-state index is 0.0224. The Bertz CT molecular complexity index is 588. The SMILES string of the molecule is Cc1nccc(Cl)c1Cl.O=COc1nccc(Cl)c1Cl. The lowest BCUT2D eigenvalue weighted by Gasteiger charge is -1.99. The number of carbonyl (C=O) groups excluding carboxylic acids is 1. The first kappa shape index (κ1) is 17.0. The average Bonchev–Trinajstić information content (AvgIpc) is 2.42. The maximum Gasteiger partial charge on any atom is 0.299 e. The van der Waals surface area contributed by atoms with Crippen molar-refractivity contribution in [2.45, 2.75) is 6.92 Å². The van der Waals surface area contributed by atoms with Gasteiger partial charge in [-0.05, 0) is 19.1 Å². The number of aromatic nitrogens is 2. The molecule has 2 aromatic rings. The van der Waals surface area contributed by atoms with E-state index in [9.17, 15) is 4.79 Å². The summed E-state index contributed by atoms with van der Waals surface area (Å²) >= 11 is 22.5. The van der Waals surface area contributed by atoms with Crippen molar-refractivity contribution in [2.24, 2.45) is 0 Å². The van der Waals surface area contributed by atoms with Gasteiger partial charge in [0.1, 0.15) is 5.02 Å². The van der Waals surface area contributed by atoms with Crippen LogP contribution < -0.4 is 4.74 Å². The van der Waals surface area contributed by atoms with Crippen LogP contribution in [0.25, 0.3) is 0 Å². The summed E-state index contributed by atoms with van der Waals surface area (Å²) in [5.74, 6) is 0.0224. The molecule has 8 heteroatoms. The molecule has 0 spiro atoms. The first-order valence-electron chi connectivity index (χ1n) is 5.14. The number of aryl methyl sites for hydroxylation is 1. The molecule has 0 aliphatic heterocycles. The van der Waals surface area contributed by atoms with Gasteiger partial charge < -0.3 is 4.74 Å². The first-order valence-corrected chi connectivity index (χ1v) is 6.65. The lowest BCUT2D eigenvalue weighted by molar-refractivity contribution is -0.120. The fourth-order valence-electron chi connectivity index (χ4n) is 1.05. The highest BCUT2D eigenvalue weighted by Crippen LogP contribution is 2.28. The van der Waals surface area contributed by atoms with Crippen molar-refractivity contribution in [3.8, 4) is 5.88 Å². The van der Waals surface area contributed by atoms with Gasteiger partial charge in [-0.2, -0.15) is 0 Å². The highest BCUT2D eigenvalue weighted by molar-refractivity contribution is 6.43. The molecule has 0 unspecified atom stereocenters. The summed E-state index contributed by atoms with van der Waals surface area (Å²) in [6, 6.07) is 3.17. The van der Waals surface area contributed by atoms with E-state index in [4.69, 9.17) is 46.4 Å². The van der Waals surface area contributed by atoms with Crippen LogP contribution in [-0.4, -0.2) is 16.4 Å². The van der Waals surface area contributed by atoms with Gasteiger partial charge in [0.05, 0.1) is 20.8 Å². The lowest BCUT2D eigenvalue weighted by Crippen LogP contribution is -1.92. The maximum atomic E-state index is 9.87. The number of halogens is 4. The van der Waals surface area contributed by atoms with Gasteiger partial charge in [0.2, 0.25) is 5.88 Å². The van der Waals surface area contributed by atoms with Crippen LogP contribution in [0.4, 0.5) is 0 Å². The Hall–Kier alpha value is -1.07. The third-order valence-corrected chi connectivity index (χ3v) is 3.65.